The molecule has 10 nitrogen and oxygen atoms in total. The van der Waals surface area contributed by atoms with E-state index in [1.54, 1.807) is 37.1 Å². The molecule has 0 bridgehead atoms. The SMILES string of the molecule is CCOc1nn(CC)cc1-c1nnc(SCC(=O)Nc2cc(OC)ccc2OC)n1CC. The number of aromatic nitrogens is 5. The molecule has 1 N–H and O–H groups in total. The molecule has 32 heavy (non-hydrogen) atoms. The first-order valence-electron chi connectivity index (χ1n) is 10.3. The molecule has 0 aliphatic rings. The van der Waals surface area contributed by atoms with Gasteiger partial charge in [-0.15, -0.1) is 15.3 Å². The summed E-state index contributed by atoms with van der Waals surface area (Å²) in [7, 11) is 3.12. The number of amides is 1. The second-order valence-electron chi connectivity index (χ2n) is 6.59. The van der Waals surface area contributed by atoms with E-state index in [9.17, 15) is 4.79 Å². The van der Waals surface area contributed by atoms with Crippen molar-refractivity contribution in [2.75, 3.05) is 31.9 Å². The van der Waals surface area contributed by atoms with Crippen LogP contribution in [0.15, 0.2) is 29.6 Å². The molecule has 1 amide bonds. The Labute approximate surface area is 191 Å². The van der Waals surface area contributed by atoms with Crippen molar-refractivity contribution in [3.8, 4) is 28.8 Å². The molecule has 0 saturated carbocycles. The summed E-state index contributed by atoms with van der Waals surface area (Å²) in [6.45, 7) is 7.78. The molecule has 11 heteroatoms. The number of methoxy groups -OCH3 is 2. The van der Waals surface area contributed by atoms with Crippen molar-refractivity contribution in [2.24, 2.45) is 0 Å². The molecule has 0 unspecified atom stereocenters. The molecule has 172 valence electrons. The van der Waals surface area contributed by atoms with Crippen LogP contribution in [-0.4, -0.2) is 57.0 Å². The fourth-order valence-corrected chi connectivity index (χ4v) is 3.87. The van der Waals surface area contributed by atoms with Gasteiger partial charge in [0.15, 0.2) is 11.0 Å². The van der Waals surface area contributed by atoms with E-state index in [1.807, 2.05) is 31.5 Å². The molecule has 3 rings (SSSR count). The van der Waals surface area contributed by atoms with E-state index in [-0.39, 0.29) is 11.7 Å². The van der Waals surface area contributed by atoms with Crippen LogP contribution < -0.4 is 19.5 Å². The minimum Gasteiger partial charge on any atom is -0.497 e. The Hall–Kier alpha value is -3.21. The minimum atomic E-state index is -0.192. The molecule has 2 aromatic heterocycles. The second kappa shape index (κ2) is 10.9. The Balaban J connectivity index is 1.75. The number of thioether (sulfide) groups is 1. The minimum absolute atomic E-state index is 0.158. The van der Waals surface area contributed by atoms with Gasteiger partial charge in [-0.1, -0.05) is 11.8 Å². The van der Waals surface area contributed by atoms with Gasteiger partial charge in [-0.2, -0.15) is 0 Å². The van der Waals surface area contributed by atoms with Crippen LogP contribution in [0.2, 0.25) is 0 Å². The maximum Gasteiger partial charge on any atom is 0.243 e. The fraction of sp³-hybridized carbons (Fsp3) is 0.429. The van der Waals surface area contributed by atoms with E-state index in [4.69, 9.17) is 14.2 Å². The third kappa shape index (κ3) is 5.16. The standard InChI is InChI=1S/C21H28N6O4S/c1-6-26-12-15(20(25-26)31-8-3)19-23-24-21(27(19)7-2)32-13-18(28)22-16-11-14(29-4)9-10-17(16)30-5/h9-12H,6-8,13H2,1-5H3,(H,22,28). The summed E-state index contributed by atoms with van der Waals surface area (Å²) in [6.07, 6.45) is 1.90. The number of benzene rings is 1. The number of anilines is 1. The smallest absolute Gasteiger partial charge is 0.243 e. The van der Waals surface area contributed by atoms with Crippen molar-refractivity contribution >= 4 is 23.4 Å². The maximum atomic E-state index is 12.6. The largest absolute Gasteiger partial charge is 0.497 e. The van der Waals surface area contributed by atoms with Gasteiger partial charge in [0.25, 0.3) is 0 Å². The van der Waals surface area contributed by atoms with Crippen molar-refractivity contribution in [3.63, 3.8) is 0 Å². The summed E-state index contributed by atoms with van der Waals surface area (Å²) in [4.78, 5) is 12.6. The zero-order valence-corrected chi connectivity index (χ0v) is 19.7. The molecule has 0 fully saturated rings. The third-order valence-electron chi connectivity index (χ3n) is 4.62. The monoisotopic (exact) mass is 460 g/mol. The normalized spacial score (nSPS) is 10.8. The van der Waals surface area contributed by atoms with Gasteiger partial charge in [0.1, 0.15) is 17.1 Å². The Morgan fingerprint density at radius 3 is 2.59 bits per heavy atom. The quantitative estimate of drug-likeness (QED) is 0.435. The van der Waals surface area contributed by atoms with Crippen LogP contribution in [0.25, 0.3) is 11.4 Å². The van der Waals surface area contributed by atoms with E-state index in [1.165, 1.54) is 11.8 Å². The molecule has 0 radical (unpaired) electrons. The van der Waals surface area contributed by atoms with Crippen molar-refractivity contribution < 1.29 is 19.0 Å². The number of rotatable bonds is 11. The molecular weight excluding hydrogens is 432 g/mol. The number of ether oxygens (including phenoxy) is 3. The van der Waals surface area contributed by atoms with Crippen LogP contribution in [0.5, 0.6) is 17.4 Å². The van der Waals surface area contributed by atoms with Crippen molar-refractivity contribution in [1.82, 2.24) is 24.5 Å². The van der Waals surface area contributed by atoms with Gasteiger partial charge in [-0.05, 0) is 32.9 Å². The molecule has 0 aliphatic carbocycles. The van der Waals surface area contributed by atoms with E-state index in [2.05, 4.69) is 20.6 Å². The second-order valence-corrected chi connectivity index (χ2v) is 7.53. The average Bonchev–Trinajstić information content (AvgIpc) is 3.40. The molecule has 0 spiro atoms. The number of carbonyl (C=O) groups is 1. The zero-order chi connectivity index (χ0) is 23.1. The number of nitrogens with one attached hydrogen (secondary N) is 1. The third-order valence-corrected chi connectivity index (χ3v) is 5.59. The zero-order valence-electron chi connectivity index (χ0n) is 18.9. The first kappa shape index (κ1) is 23.5. The number of aryl methyl sites for hydroxylation is 1. The average molecular weight is 461 g/mol. The lowest BCUT2D eigenvalue weighted by atomic mass is 10.2. The predicted octanol–water partition coefficient (Wildman–Crippen LogP) is 3.33. The first-order valence-corrected chi connectivity index (χ1v) is 11.3. The molecule has 0 saturated heterocycles. The van der Waals surface area contributed by atoms with Crippen LogP contribution in [0.3, 0.4) is 0 Å². The van der Waals surface area contributed by atoms with Crippen molar-refractivity contribution in [3.05, 3.63) is 24.4 Å². The highest BCUT2D eigenvalue weighted by molar-refractivity contribution is 7.99. The van der Waals surface area contributed by atoms with Crippen LogP contribution in [0.4, 0.5) is 5.69 Å². The van der Waals surface area contributed by atoms with Gasteiger partial charge in [0, 0.05) is 25.4 Å². The van der Waals surface area contributed by atoms with E-state index < -0.39 is 0 Å². The van der Waals surface area contributed by atoms with Gasteiger partial charge in [-0.3, -0.25) is 9.48 Å². The Morgan fingerprint density at radius 1 is 1.12 bits per heavy atom. The van der Waals surface area contributed by atoms with Gasteiger partial charge >= 0.3 is 0 Å². The fourth-order valence-electron chi connectivity index (χ4n) is 3.07. The number of hydrogen-bond donors (Lipinski definition) is 1. The Bertz CT molecular complexity index is 1060. The van der Waals surface area contributed by atoms with Gasteiger partial charge < -0.3 is 24.1 Å². The summed E-state index contributed by atoms with van der Waals surface area (Å²) < 4.78 is 20.0. The Kier molecular flexibility index (Phi) is 7.98. The molecular formula is C21H28N6O4S. The molecule has 2 heterocycles. The van der Waals surface area contributed by atoms with Gasteiger partial charge in [-0.25, -0.2) is 0 Å². The summed E-state index contributed by atoms with van der Waals surface area (Å²) in [5, 5.41) is 16.6. The van der Waals surface area contributed by atoms with Crippen LogP contribution >= 0.6 is 11.8 Å². The highest BCUT2D eigenvalue weighted by atomic mass is 32.2. The van der Waals surface area contributed by atoms with Crippen molar-refractivity contribution in [1.29, 1.82) is 0 Å². The summed E-state index contributed by atoms with van der Waals surface area (Å²) in [5.74, 6) is 2.33. The lowest BCUT2D eigenvalue weighted by Crippen LogP contribution is -2.15. The highest BCUT2D eigenvalue weighted by Gasteiger charge is 2.21. The number of hydrogen-bond acceptors (Lipinski definition) is 8. The summed E-state index contributed by atoms with van der Waals surface area (Å²) >= 11 is 1.31. The van der Waals surface area contributed by atoms with Gasteiger partial charge in [0.2, 0.25) is 11.8 Å². The van der Waals surface area contributed by atoms with Crippen LogP contribution in [0, 0.1) is 0 Å². The number of carbonyl (C=O) groups excluding carboxylic acids is 1. The molecule has 0 atom stereocenters. The Morgan fingerprint density at radius 2 is 1.94 bits per heavy atom. The molecule has 0 aliphatic heterocycles. The lowest BCUT2D eigenvalue weighted by molar-refractivity contribution is -0.113. The topological polar surface area (TPSA) is 105 Å². The van der Waals surface area contributed by atoms with Crippen LogP contribution in [-0.2, 0) is 17.9 Å². The van der Waals surface area contributed by atoms with E-state index in [0.717, 1.165) is 12.1 Å². The summed E-state index contributed by atoms with van der Waals surface area (Å²) in [5.41, 5.74) is 1.32. The lowest BCUT2D eigenvalue weighted by Gasteiger charge is -2.12. The molecule has 1 aromatic carbocycles. The highest BCUT2D eigenvalue weighted by Crippen LogP contribution is 2.31. The van der Waals surface area contributed by atoms with E-state index >= 15 is 0 Å². The summed E-state index contributed by atoms with van der Waals surface area (Å²) in [6, 6.07) is 5.23. The van der Waals surface area contributed by atoms with E-state index in [0.29, 0.717) is 47.2 Å². The van der Waals surface area contributed by atoms with Crippen molar-refractivity contribution in [2.45, 2.75) is 39.0 Å². The number of nitrogens with zero attached hydrogens (tertiary/aromatic N) is 5. The van der Waals surface area contributed by atoms with Crippen LogP contribution in [0.1, 0.15) is 20.8 Å². The molecule has 3 aromatic rings. The maximum absolute atomic E-state index is 12.6. The van der Waals surface area contributed by atoms with Gasteiger partial charge in [0.05, 0.1) is 32.3 Å². The first-order chi connectivity index (χ1) is 15.5. The predicted molar refractivity (Wildman–Crippen MR) is 123 cm³/mol.